The van der Waals surface area contributed by atoms with Gasteiger partial charge >= 0.3 is 0 Å². The van der Waals surface area contributed by atoms with Crippen LogP contribution in [0.2, 0.25) is 5.02 Å². The lowest BCUT2D eigenvalue weighted by Gasteiger charge is -2.23. The first-order chi connectivity index (χ1) is 17.0. The summed E-state index contributed by atoms with van der Waals surface area (Å²) >= 11 is 5.92. The molecule has 4 nitrogen and oxygen atoms in total. The maximum Gasteiger partial charge on any atom is 0.259 e. The second-order valence-corrected chi connectivity index (χ2v) is 8.22. The van der Waals surface area contributed by atoms with Crippen molar-refractivity contribution in [3.63, 3.8) is 0 Å². The largest absolute Gasteiger partial charge is 0.376 e. The standard InChI is InChI=1S/C30H22ClNO3/c31-25-18-15-24(16-19-25)28(33)20-17-22-9-7-8-14-27(22)30(35)32(26-12-5-2-6-13-26)21-29(34)23-10-3-1-4-11-23/h1-16,18-19,28,33H,21H2. The number of ketones is 1. The van der Waals surface area contributed by atoms with Crippen molar-refractivity contribution in [2.45, 2.75) is 6.10 Å². The summed E-state index contributed by atoms with van der Waals surface area (Å²) in [6.07, 6.45) is -1.04. The fourth-order valence-electron chi connectivity index (χ4n) is 3.55. The molecule has 4 aromatic rings. The lowest BCUT2D eigenvalue weighted by atomic mass is 10.0. The molecule has 4 aromatic carbocycles. The summed E-state index contributed by atoms with van der Waals surface area (Å²) in [5, 5.41) is 11.0. The molecule has 0 aromatic heterocycles. The van der Waals surface area contributed by atoms with Crippen LogP contribution in [0.5, 0.6) is 0 Å². The number of halogens is 1. The van der Waals surface area contributed by atoms with Gasteiger partial charge in [-0.1, -0.05) is 96.2 Å². The van der Waals surface area contributed by atoms with Crippen molar-refractivity contribution in [1.29, 1.82) is 0 Å². The smallest absolute Gasteiger partial charge is 0.259 e. The Morgan fingerprint density at radius 3 is 2.09 bits per heavy atom. The molecule has 0 saturated heterocycles. The molecule has 0 heterocycles. The number of aliphatic hydroxyl groups excluding tert-OH is 1. The van der Waals surface area contributed by atoms with E-state index in [2.05, 4.69) is 11.8 Å². The van der Waals surface area contributed by atoms with E-state index in [-0.39, 0.29) is 18.2 Å². The van der Waals surface area contributed by atoms with Gasteiger partial charge in [0.15, 0.2) is 5.78 Å². The first-order valence-electron chi connectivity index (χ1n) is 11.0. The maximum atomic E-state index is 13.7. The number of carbonyl (C=O) groups is 2. The van der Waals surface area contributed by atoms with Gasteiger partial charge in [0, 0.05) is 21.8 Å². The number of carbonyl (C=O) groups excluding carboxylic acids is 2. The average molecular weight is 480 g/mol. The van der Waals surface area contributed by atoms with Gasteiger partial charge in [-0.25, -0.2) is 0 Å². The summed E-state index contributed by atoms with van der Waals surface area (Å²) in [5.41, 5.74) is 2.53. The second-order valence-electron chi connectivity index (χ2n) is 7.79. The Labute approximate surface area is 209 Å². The number of hydrogen-bond donors (Lipinski definition) is 1. The molecule has 0 aliphatic rings. The molecular formula is C30H22ClNO3. The maximum absolute atomic E-state index is 13.7. The minimum absolute atomic E-state index is 0.123. The number of benzene rings is 4. The van der Waals surface area contributed by atoms with Gasteiger partial charge in [-0.05, 0) is 42.0 Å². The predicted molar refractivity (Wildman–Crippen MR) is 139 cm³/mol. The molecule has 0 radical (unpaired) electrons. The number of aliphatic hydroxyl groups is 1. The van der Waals surface area contributed by atoms with Gasteiger partial charge < -0.3 is 10.0 Å². The van der Waals surface area contributed by atoms with Gasteiger partial charge in [-0.15, -0.1) is 0 Å². The first-order valence-corrected chi connectivity index (χ1v) is 11.4. The van der Waals surface area contributed by atoms with Crippen molar-refractivity contribution in [2.75, 3.05) is 11.4 Å². The Kier molecular flexibility index (Phi) is 7.74. The van der Waals surface area contributed by atoms with Crippen LogP contribution in [-0.2, 0) is 0 Å². The molecule has 35 heavy (non-hydrogen) atoms. The van der Waals surface area contributed by atoms with Crippen molar-refractivity contribution >= 4 is 29.0 Å². The SMILES string of the molecule is O=C(CN(C(=O)c1ccccc1C#CC(O)c1ccc(Cl)cc1)c1ccccc1)c1ccccc1. The summed E-state index contributed by atoms with van der Waals surface area (Å²) in [5.74, 6) is 5.20. The highest BCUT2D eigenvalue weighted by molar-refractivity contribution is 6.30. The zero-order chi connectivity index (χ0) is 24.6. The van der Waals surface area contributed by atoms with Gasteiger partial charge in [-0.2, -0.15) is 0 Å². The third kappa shape index (κ3) is 6.04. The van der Waals surface area contributed by atoms with Crippen molar-refractivity contribution < 1.29 is 14.7 Å². The van der Waals surface area contributed by atoms with Crippen LogP contribution in [0.25, 0.3) is 0 Å². The Balaban J connectivity index is 1.65. The van der Waals surface area contributed by atoms with E-state index >= 15 is 0 Å². The number of para-hydroxylation sites is 1. The molecule has 172 valence electrons. The molecule has 1 unspecified atom stereocenters. The highest BCUT2D eigenvalue weighted by Crippen LogP contribution is 2.21. The van der Waals surface area contributed by atoms with E-state index in [1.165, 1.54) is 4.90 Å². The lowest BCUT2D eigenvalue weighted by Crippen LogP contribution is -2.36. The van der Waals surface area contributed by atoms with Gasteiger partial charge in [0.1, 0.15) is 6.10 Å². The van der Waals surface area contributed by atoms with Gasteiger partial charge in [0.25, 0.3) is 5.91 Å². The summed E-state index contributed by atoms with van der Waals surface area (Å²) < 4.78 is 0. The Morgan fingerprint density at radius 1 is 0.800 bits per heavy atom. The number of amides is 1. The molecule has 4 rings (SSSR count). The molecule has 1 N–H and O–H groups in total. The molecule has 1 atom stereocenters. The molecule has 0 aliphatic carbocycles. The molecule has 0 spiro atoms. The van der Waals surface area contributed by atoms with Crippen LogP contribution in [-0.4, -0.2) is 23.3 Å². The van der Waals surface area contributed by atoms with Crippen LogP contribution in [0.3, 0.4) is 0 Å². The van der Waals surface area contributed by atoms with Crippen LogP contribution in [0.15, 0.2) is 109 Å². The summed E-state index contributed by atoms with van der Waals surface area (Å²) in [4.78, 5) is 28.1. The number of nitrogens with zero attached hydrogens (tertiary/aromatic N) is 1. The van der Waals surface area contributed by atoms with Gasteiger partial charge in [0.2, 0.25) is 0 Å². The number of hydrogen-bond acceptors (Lipinski definition) is 3. The van der Waals surface area contributed by atoms with Crippen LogP contribution >= 0.6 is 11.6 Å². The lowest BCUT2D eigenvalue weighted by molar-refractivity contribution is 0.0936. The monoisotopic (exact) mass is 479 g/mol. The fraction of sp³-hybridized carbons (Fsp3) is 0.0667. The molecular weight excluding hydrogens is 458 g/mol. The Morgan fingerprint density at radius 2 is 1.40 bits per heavy atom. The fourth-order valence-corrected chi connectivity index (χ4v) is 3.67. The van der Waals surface area contributed by atoms with Gasteiger partial charge in [0.05, 0.1) is 12.1 Å². The van der Waals surface area contributed by atoms with E-state index in [0.29, 0.717) is 33.0 Å². The van der Waals surface area contributed by atoms with E-state index in [4.69, 9.17) is 11.6 Å². The summed E-state index contributed by atoms with van der Waals surface area (Å²) in [7, 11) is 0. The Hall–Kier alpha value is -4.17. The number of rotatable bonds is 6. The third-order valence-corrected chi connectivity index (χ3v) is 5.65. The normalized spacial score (nSPS) is 11.1. The molecule has 0 saturated carbocycles. The van der Waals surface area contributed by atoms with Crippen LogP contribution < -0.4 is 4.90 Å². The molecule has 0 aliphatic heterocycles. The zero-order valence-corrected chi connectivity index (χ0v) is 19.5. The molecule has 5 heteroatoms. The van der Waals surface area contributed by atoms with E-state index in [9.17, 15) is 14.7 Å². The molecule has 1 amide bonds. The van der Waals surface area contributed by atoms with Crippen molar-refractivity contribution in [3.8, 4) is 11.8 Å². The Bertz CT molecular complexity index is 1370. The van der Waals surface area contributed by atoms with E-state index < -0.39 is 6.10 Å². The predicted octanol–water partition coefficient (Wildman–Crippen LogP) is 5.95. The third-order valence-electron chi connectivity index (χ3n) is 5.40. The van der Waals surface area contributed by atoms with Crippen LogP contribution in [0.4, 0.5) is 5.69 Å². The highest BCUT2D eigenvalue weighted by atomic mass is 35.5. The topological polar surface area (TPSA) is 57.6 Å². The minimum Gasteiger partial charge on any atom is -0.376 e. The van der Waals surface area contributed by atoms with Gasteiger partial charge in [-0.3, -0.25) is 9.59 Å². The minimum atomic E-state index is -1.04. The highest BCUT2D eigenvalue weighted by Gasteiger charge is 2.23. The van der Waals surface area contributed by atoms with Crippen LogP contribution in [0, 0.1) is 11.8 Å². The average Bonchev–Trinajstić information content (AvgIpc) is 2.91. The quantitative estimate of drug-likeness (QED) is 0.274. The summed E-state index contributed by atoms with van der Waals surface area (Å²) in [6, 6.07) is 31.6. The molecule has 0 fully saturated rings. The van der Waals surface area contributed by atoms with E-state index in [1.54, 1.807) is 84.9 Å². The van der Waals surface area contributed by atoms with E-state index in [0.717, 1.165) is 0 Å². The van der Waals surface area contributed by atoms with Crippen molar-refractivity contribution in [2.24, 2.45) is 0 Å². The van der Waals surface area contributed by atoms with Crippen LogP contribution in [0.1, 0.15) is 37.9 Å². The van der Waals surface area contributed by atoms with Crippen molar-refractivity contribution in [3.05, 3.63) is 136 Å². The summed E-state index contributed by atoms with van der Waals surface area (Å²) in [6.45, 7) is -0.123. The van der Waals surface area contributed by atoms with E-state index in [1.807, 2.05) is 24.3 Å². The zero-order valence-electron chi connectivity index (χ0n) is 18.8. The van der Waals surface area contributed by atoms with Crippen molar-refractivity contribution in [1.82, 2.24) is 0 Å². The first kappa shape index (κ1) is 24.0. The number of Topliss-reactive ketones (excluding diaryl/α,β-unsaturated/α-hetero) is 1. The number of anilines is 1. The molecule has 0 bridgehead atoms. The second kappa shape index (κ2) is 11.3.